The van der Waals surface area contributed by atoms with Crippen molar-refractivity contribution < 1.29 is 20.1 Å². The smallest absolute Gasteiger partial charge is 0.303 e. The molecule has 0 amide bonds. The minimum atomic E-state index is -0.684. The molecule has 28 heavy (non-hydrogen) atoms. The molecule has 0 aromatic carbocycles. The van der Waals surface area contributed by atoms with Gasteiger partial charge in [-0.3, -0.25) is 4.79 Å². The lowest BCUT2D eigenvalue weighted by Crippen LogP contribution is -2.58. The Kier molecular flexibility index (Phi) is 5.36. The summed E-state index contributed by atoms with van der Waals surface area (Å²) in [6.45, 7) is 7.16. The zero-order valence-electron chi connectivity index (χ0n) is 17.9. The number of carboxylic acids is 1. The molecule has 0 aliphatic heterocycles. The highest BCUT2D eigenvalue weighted by molar-refractivity contribution is 5.66. The van der Waals surface area contributed by atoms with Gasteiger partial charge in [0, 0.05) is 6.42 Å². The summed E-state index contributed by atoms with van der Waals surface area (Å²) in [5, 5.41) is 30.5. The van der Waals surface area contributed by atoms with Gasteiger partial charge in [0.05, 0.1) is 12.2 Å². The number of aliphatic hydroxyl groups excluding tert-OH is 2. The predicted octanol–water partition coefficient (Wildman–Crippen LogP) is 4.48. The molecule has 4 aliphatic rings. The Morgan fingerprint density at radius 1 is 1.00 bits per heavy atom. The number of hydrogen-bond donors (Lipinski definition) is 3. The maximum absolute atomic E-state index is 11.2. The molecule has 0 aromatic rings. The summed E-state index contributed by atoms with van der Waals surface area (Å²) in [5.41, 5.74) is 0.523. The molecule has 0 unspecified atom stereocenters. The van der Waals surface area contributed by atoms with E-state index in [0.717, 1.165) is 32.1 Å². The standard InChI is InChI=1S/C24H40O4/c1-14(4-7-21(27)28)17-5-6-18-22-19(9-11-24(17,18)3)23(2)10-8-16(25)12-15(23)13-20(22)26/h14-20,22,25-26H,4-13H2,1-3H3,(H,27,28)/t14-,15-,16+,17+,18+,19-,20+,22+,23+,24-/m1/s1. The summed E-state index contributed by atoms with van der Waals surface area (Å²) in [7, 11) is 0. The number of fused-ring (bicyclic) bond motifs is 5. The van der Waals surface area contributed by atoms with Crippen LogP contribution in [0.5, 0.6) is 0 Å². The molecule has 10 atom stereocenters. The van der Waals surface area contributed by atoms with Gasteiger partial charge in [-0.15, -0.1) is 0 Å². The van der Waals surface area contributed by atoms with E-state index in [9.17, 15) is 15.0 Å². The molecule has 4 nitrogen and oxygen atoms in total. The van der Waals surface area contributed by atoms with Gasteiger partial charge in [0.15, 0.2) is 0 Å². The van der Waals surface area contributed by atoms with Gasteiger partial charge in [0.1, 0.15) is 0 Å². The maximum Gasteiger partial charge on any atom is 0.303 e. The summed E-state index contributed by atoms with van der Waals surface area (Å²) in [5.74, 6) is 2.36. The van der Waals surface area contributed by atoms with E-state index in [1.54, 1.807) is 0 Å². The van der Waals surface area contributed by atoms with E-state index in [1.165, 1.54) is 25.7 Å². The molecular formula is C24H40O4. The fraction of sp³-hybridized carbons (Fsp3) is 0.958. The van der Waals surface area contributed by atoms with E-state index < -0.39 is 5.97 Å². The normalized spacial score (nSPS) is 51.7. The molecule has 0 heterocycles. The number of carbonyl (C=O) groups is 1. The molecule has 0 saturated heterocycles. The number of aliphatic hydroxyl groups is 2. The molecule has 0 spiro atoms. The van der Waals surface area contributed by atoms with Crippen LogP contribution in [0.25, 0.3) is 0 Å². The Bertz CT molecular complexity index is 605. The first-order chi connectivity index (χ1) is 13.2. The Morgan fingerprint density at radius 3 is 2.39 bits per heavy atom. The summed E-state index contributed by atoms with van der Waals surface area (Å²) in [4.78, 5) is 11.1. The summed E-state index contributed by atoms with van der Waals surface area (Å²) < 4.78 is 0. The van der Waals surface area contributed by atoms with Crippen LogP contribution in [0.15, 0.2) is 0 Å². The van der Waals surface area contributed by atoms with E-state index in [1.807, 2.05) is 0 Å². The van der Waals surface area contributed by atoms with Crippen molar-refractivity contribution in [1.82, 2.24) is 0 Å². The van der Waals surface area contributed by atoms with Gasteiger partial charge in [0.25, 0.3) is 0 Å². The lowest BCUT2D eigenvalue weighted by atomic mass is 9.43. The highest BCUT2D eigenvalue weighted by Crippen LogP contribution is 2.68. The fourth-order valence-electron chi connectivity index (χ4n) is 8.73. The highest BCUT2D eigenvalue weighted by atomic mass is 16.4. The minimum absolute atomic E-state index is 0.179. The molecule has 0 bridgehead atoms. The van der Waals surface area contributed by atoms with Crippen LogP contribution < -0.4 is 0 Å². The topological polar surface area (TPSA) is 77.8 Å². The van der Waals surface area contributed by atoms with Gasteiger partial charge in [-0.1, -0.05) is 20.8 Å². The Hall–Kier alpha value is -0.610. The summed E-state index contributed by atoms with van der Waals surface area (Å²) in [6, 6.07) is 0. The van der Waals surface area contributed by atoms with E-state index in [2.05, 4.69) is 20.8 Å². The first-order valence-corrected chi connectivity index (χ1v) is 11.7. The third-order valence-electron chi connectivity index (χ3n) is 10.2. The van der Waals surface area contributed by atoms with Crippen molar-refractivity contribution in [3.8, 4) is 0 Å². The second kappa shape index (κ2) is 7.27. The Balaban J connectivity index is 1.55. The Morgan fingerprint density at radius 2 is 1.68 bits per heavy atom. The number of rotatable bonds is 4. The number of carboxylic acid groups (broad SMARTS) is 1. The van der Waals surface area contributed by atoms with E-state index in [4.69, 9.17) is 5.11 Å². The highest BCUT2D eigenvalue weighted by Gasteiger charge is 2.62. The van der Waals surface area contributed by atoms with Crippen LogP contribution in [0.2, 0.25) is 0 Å². The van der Waals surface area contributed by atoms with Crippen molar-refractivity contribution in [2.75, 3.05) is 0 Å². The van der Waals surface area contributed by atoms with Gasteiger partial charge in [0.2, 0.25) is 0 Å². The fourth-order valence-corrected chi connectivity index (χ4v) is 8.73. The molecule has 4 aliphatic carbocycles. The van der Waals surface area contributed by atoms with Crippen LogP contribution >= 0.6 is 0 Å². The SMILES string of the molecule is C[C@H](CCC(=O)O)[C@@H]1CC[C@H]2[C@H]3[C@@H](CC[C@@]21C)[C@@]1(C)CC[C@H](O)C[C@@H]1C[C@@H]3O. The maximum atomic E-state index is 11.2. The summed E-state index contributed by atoms with van der Waals surface area (Å²) >= 11 is 0. The average molecular weight is 393 g/mol. The van der Waals surface area contributed by atoms with Gasteiger partial charge in [-0.25, -0.2) is 0 Å². The van der Waals surface area contributed by atoms with E-state index in [-0.39, 0.29) is 29.5 Å². The molecule has 4 heteroatoms. The lowest BCUT2D eigenvalue weighted by Gasteiger charge is -2.62. The van der Waals surface area contributed by atoms with Crippen LogP contribution in [0.4, 0.5) is 0 Å². The number of hydrogen-bond acceptors (Lipinski definition) is 3. The van der Waals surface area contributed by atoms with Crippen molar-refractivity contribution in [1.29, 1.82) is 0 Å². The second-order valence-corrected chi connectivity index (χ2v) is 11.4. The second-order valence-electron chi connectivity index (χ2n) is 11.4. The van der Waals surface area contributed by atoms with Crippen LogP contribution in [-0.2, 0) is 4.79 Å². The number of aliphatic carboxylic acids is 1. The monoisotopic (exact) mass is 392 g/mol. The average Bonchev–Trinajstić information content (AvgIpc) is 2.98. The van der Waals surface area contributed by atoms with Gasteiger partial charge >= 0.3 is 5.97 Å². The van der Waals surface area contributed by atoms with Crippen LogP contribution in [0.3, 0.4) is 0 Å². The van der Waals surface area contributed by atoms with Crippen molar-refractivity contribution in [2.24, 2.45) is 46.3 Å². The van der Waals surface area contributed by atoms with E-state index in [0.29, 0.717) is 35.5 Å². The van der Waals surface area contributed by atoms with Gasteiger partial charge in [-0.2, -0.15) is 0 Å². The molecule has 160 valence electrons. The zero-order chi connectivity index (χ0) is 20.3. The molecule has 0 radical (unpaired) electrons. The predicted molar refractivity (Wildman–Crippen MR) is 109 cm³/mol. The Labute approximate surface area is 170 Å². The van der Waals surface area contributed by atoms with Gasteiger partial charge < -0.3 is 15.3 Å². The van der Waals surface area contributed by atoms with Crippen molar-refractivity contribution in [3.05, 3.63) is 0 Å². The largest absolute Gasteiger partial charge is 0.481 e. The van der Waals surface area contributed by atoms with Crippen molar-refractivity contribution in [2.45, 2.75) is 97.2 Å². The third kappa shape index (κ3) is 3.14. The molecule has 4 saturated carbocycles. The van der Waals surface area contributed by atoms with Gasteiger partial charge in [-0.05, 0) is 104 Å². The lowest BCUT2D eigenvalue weighted by molar-refractivity contribution is -0.174. The molecule has 4 rings (SSSR count). The molecule has 3 N–H and O–H groups in total. The van der Waals surface area contributed by atoms with Crippen molar-refractivity contribution >= 4 is 5.97 Å². The van der Waals surface area contributed by atoms with Crippen LogP contribution in [-0.4, -0.2) is 33.5 Å². The first-order valence-electron chi connectivity index (χ1n) is 11.7. The van der Waals surface area contributed by atoms with E-state index >= 15 is 0 Å². The van der Waals surface area contributed by atoms with Crippen LogP contribution in [0.1, 0.15) is 85.0 Å². The molecular weight excluding hydrogens is 352 g/mol. The zero-order valence-corrected chi connectivity index (χ0v) is 17.9. The molecule has 0 aromatic heterocycles. The van der Waals surface area contributed by atoms with Crippen LogP contribution in [0, 0.1) is 46.3 Å². The molecule has 4 fully saturated rings. The minimum Gasteiger partial charge on any atom is -0.481 e. The summed E-state index contributed by atoms with van der Waals surface area (Å²) in [6.07, 6.45) is 9.19. The third-order valence-corrected chi connectivity index (χ3v) is 10.2. The quantitative estimate of drug-likeness (QED) is 0.659. The first kappa shape index (κ1) is 20.7. The van der Waals surface area contributed by atoms with Crippen molar-refractivity contribution in [3.63, 3.8) is 0 Å².